The van der Waals surface area contributed by atoms with E-state index < -0.39 is 23.1 Å². The van der Waals surface area contributed by atoms with Crippen molar-refractivity contribution < 1.29 is 18.0 Å². The lowest BCUT2D eigenvalue weighted by atomic mass is 10.1. The molecule has 0 N–H and O–H groups in total. The minimum Gasteiger partial charge on any atom is -0.353 e. The Hall–Kier alpha value is -3.36. The van der Waals surface area contributed by atoms with Gasteiger partial charge in [0.15, 0.2) is 5.69 Å². The van der Waals surface area contributed by atoms with Gasteiger partial charge in [-0.2, -0.15) is 18.3 Å². The molecule has 0 bridgehead atoms. The SMILES string of the molecule is Cc1cc(=O)c(C(=O)N2CCCCCC2c2cccn2C)nn1-c1ccccc1C(F)(F)F. The second-order valence-electron chi connectivity index (χ2n) is 8.33. The third-order valence-corrected chi connectivity index (χ3v) is 6.09. The van der Waals surface area contributed by atoms with Gasteiger partial charge in [-0.25, -0.2) is 4.68 Å². The second kappa shape index (κ2) is 8.88. The lowest BCUT2D eigenvalue weighted by molar-refractivity contribution is -0.137. The number of benzene rings is 1. The maximum absolute atomic E-state index is 13.6. The third kappa shape index (κ3) is 4.44. The van der Waals surface area contributed by atoms with Crippen molar-refractivity contribution in [2.24, 2.45) is 7.05 Å². The van der Waals surface area contributed by atoms with Crippen molar-refractivity contribution in [2.75, 3.05) is 6.54 Å². The smallest absolute Gasteiger partial charge is 0.353 e. The molecule has 6 nitrogen and oxygen atoms in total. The summed E-state index contributed by atoms with van der Waals surface area (Å²) in [5.74, 6) is -0.564. The molecule has 0 aliphatic carbocycles. The number of alkyl halides is 3. The predicted molar refractivity (Wildman–Crippen MR) is 117 cm³/mol. The summed E-state index contributed by atoms with van der Waals surface area (Å²) >= 11 is 0. The van der Waals surface area contributed by atoms with Crippen LogP contribution in [-0.2, 0) is 13.2 Å². The van der Waals surface area contributed by atoms with Gasteiger partial charge in [-0.15, -0.1) is 0 Å². The first-order valence-electron chi connectivity index (χ1n) is 10.9. The van der Waals surface area contributed by atoms with E-state index in [4.69, 9.17) is 0 Å². The molecule has 0 spiro atoms. The number of carbonyl (C=O) groups excluding carboxylic acids is 1. The topological polar surface area (TPSA) is 60.1 Å². The molecule has 1 unspecified atom stereocenters. The zero-order valence-electron chi connectivity index (χ0n) is 18.5. The maximum atomic E-state index is 13.6. The Labute approximate surface area is 189 Å². The molecule has 3 aromatic rings. The molecule has 2 aromatic heterocycles. The Kier molecular flexibility index (Phi) is 6.14. The molecule has 174 valence electrons. The summed E-state index contributed by atoms with van der Waals surface area (Å²) in [4.78, 5) is 28.0. The van der Waals surface area contributed by atoms with Crippen LogP contribution in [0.15, 0.2) is 53.5 Å². The van der Waals surface area contributed by atoms with E-state index in [1.165, 1.54) is 31.2 Å². The number of likely N-dealkylation sites (tertiary alicyclic amines) is 1. The zero-order valence-corrected chi connectivity index (χ0v) is 18.5. The fourth-order valence-corrected chi connectivity index (χ4v) is 4.45. The monoisotopic (exact) mass is 458 g/mol. The highest BCUT2D eigenvalue weighted by Crippen LogP contribution is 2.34. The van der Waals surface area contributed by atoms with Crippen LogP contribution >= 0.6 is 0 Å². The molecule has 1 fully saturated rings. The summed E-state index contributed by atoms with van der Waals surface area (Å²) in [5.41, 5.74) is -0.944. The summed E-state index contributed by atoms with van der Waals surface area (Å²) in [7, 11) is 1.90. The van der Waals surface area contributed by atoms with E-state index in [-0.39, 0.29) is 23.1 Å². The fraction of sp³-hybridized carbons (Fsp3) is 0.375. The molecule has 1 aliphatic rings. The lowest BCUT2D eigenvalue weighted by Gasteiger charge is -2.30. The number of aromatic nitrogens is 3. The highest BCUT2D eigenvalue weighted by molar-refractivity contribution is 5.92. The second-order valence-corrected chi connectivity index (χ2v) is 8.33. The Balaban J connectivity index is 1.81. The van der Waals surface area contributed by atoms with Crippen molar-refractivity contribution in [3.05, 3.63) is 81.5 Å². The van der Waals surface area contributed by atoms with E-state index >= 15 is 0 Å². The van der Waals surface area contributed by atoms with Crippen molar-refractivity contribution in [3.63, 3.8) is 0 Å². The van der Waals surface area contributed by atoms with Crippen molar-refractivity contribution >= 4 is 5.91 Å². The standard InChI is InChI=1S/C24H25F3N4O2/c1-16-15-21(32)22(28-31(16)18-10-6-5-9-17(18)24(25,26)27)23(33)30-14-7-3-4-11-20(30)19-12-8-13-29(19)2/h5-6,8-10,12-13,15,20H,3-4,7,11,14H2,1-2H3. The van der Waals surface area contributed by atoms with Crippen molar-refractivity contribution in [1.29, 1.82) is 0 Å². The summed E-state index contributed by atoms with van der Waals surface area (Å²) in [6.07, 6.45) is 0.692. The van der Waals surface area contributed by atoms with Crippen LogP contribution < -0.4 is 5.43 Å². The van der Waals surface area contributed by atoms with Crippen molar-refractivity contribution in [3.8, 4) is 5.69 Å². The molecule has 0 radical (unpaired) electrons. The molecular weight excluding hydrogens is 433 g/mol. The normalized spacial score (nSPS) is 17.1. The van der Waals surface area contributed by atoms with Crippen LogP contribution in [0.1, 0.15) is 59.2 Å². The van der Waals surface area contributed by atoms with Crippen LogP contribution in [0, 0.1) is 6.92 Å². The van der Waals surface area contributed by atoms with Gasteiger partial charge in [0.2, 0.25) is 5.43 Å². The molecule has 9 heteroatoms. The van der Waals surface area contributed by atoms with Crippen LogP contribution in [0.25, 0.3) is 5.69 Å². The van der Waals surface area contributed by atoms with E-state index in [1.54, 1.807) is 4.90 Å². The first-order chi connectivity index (χ1) is 15.7. The molecule has 1 atom stereocenters. The highest BCUT2D eigenvalue weighted by Gasteiger charge is 2.35. The van der Waals surface area contributed by atoms with Crippen LogP contribution in [0.2, 0.25) is 0 Å². The van der Waals surface area contributed by atoms with Gasteiger partial charge in [0.05, 0.1) is 17.3 Å². The van der Waals surface area contributed by atoms with E-state index in [9.17, 15) is 22.8 Å². The quantitative estimate of drug-likeness (QED) is 0.574. The van der Waals surface area contributed by atoms with Gasteiger partial charge >= 0.3 is 6.18 Å². The zero-order chi connectivity index (χ0) is 23.8. The molecule has 1 aromatic carbocycles. The Morgan fingerprint density at radius 3 is 2.55 bits per heavy atom. The Morgan fingerprint density at radius 2 is 1.85 bits per heavy atom. The number of carbonyl (C=O) groups is 1. The van der Waals surface area contributed by atoms with Gasteiger partial charge in [-0.05, 0) is 44.0 Å². The number of halogens is 3. The lowest BCUT2D eigenvalue weighted by Crippen LogP contribution is -2.39. The van der Waals surface area contributed by atoms with E-state index in [2.05, 4.69) is 5.10 Å². The Bertz CT molecular complexity index is 1230. The number of nitrogens with zero attached hydrogens (tertiary/aromatic N) is 4. The van der Waals surface area contributed by atoms with Crippen LogP contribution in [0.4, 0.5) is 13.2 Å². The maximum Gasteiger partial charge on any atom is 0.418 e. The van der Waals surface area contributed by atoms with Gasteiger partial charge in [-0.1, -0.05) is 25.0 Å². The largest absolute Gasteiger partial charge is 0.418 e. The van der Waals surface area contributed by atoms with Gasteiger partial charge in [0, 0.05) is 37.2 Å². The summed E-state index contributed by atoms with van der Waals surface area (Å²) in [6.45, 7) is 1.94. The summed E-state index contributed by atoms with van der Waals surface area (Å²) in [5, 5.41) is 4.17. The predicted octanol–water partition coefficient (Wildman–Crippen LogP) is 4.66. The molecule has 1 amide bonds. The minimum absolute atomic E-state index is 0.211. The molecule has 3 heterocycles. The van der Waals surface area contributed by atoms with E-state index in [0.29, 0.717) is 6.54 Å². The number of amides is 1. The van der Waals surface area contributed by atoms with Gasteiger partial charge in [0.1, 0.15) is 0 Å². The summed E-state index contributed by atoms with van der Waals surface area (Å²) in [6, 6.07) is 9.76. The van der Waals surface area contributed by atoms with Crippen LogP contribution in [0.3, 0.4) is 0 Å². The van der Waals surface area contributed by atoms with Gasteiger partial charge < -0.3 is 9.47 Å². The molecule has 0 saturated carbocycles. The third-order valence-electron chi connectivity index (χ3n) is 6.09. The molecular formula is C24H25F3N4O2. The Morgan fingerprint density at radius 1 is 1.09 bits per heavy atom. The average Bonchev–Trinajstić information content (AvgIpc) is 3.04. The molecule has 4 rings (SSSR count). The number of para-hydroxylation sites is 1. The van der Waals surface area contributed by atoms with E-state index in [1.807, 2.05) is 29.9 Å². The van der Waals surface area contributed by atoms with Crippen molar-refractivity contribution in [1.82, 2.24) is 19.2 Å². The number of hydrogen-bond acceptors (Lipinski definition) is 3. The van der Waals surface area contributed by atoms with Gasteiger partial charge in [-0.3, -0.25) is 9.59 Å². The molecule has 33 heavy (non-hydrogen) atoms. The van der Waals surface area contributed by atoms with Crippen LogP contribution in [0.5, 0.6) is 0 Å². The van der Waals surface area contributed by atoms with Gasteiger partial charge in [0.25, 0.3) is 5.91 Å². The fourth-order valence-electron chi connectivity index (χ4n) is 4.45. The molecule has 1 saturated heterocycles. The first-order valence-corrected chi connectivity index (χ1v) is 10.9. The molecule has 1 aliphatic heterocycles. The average molecular weight is 458 g/mol. The van der Waals surface area contributed by atoms with Crippen LogP contribution in [-0.4, -0.2) is 31.7 Å². The minimum atomic E-state index is -4.61. The first kappa shape index (κ1) is 22.8. The van der Waals surface area contributed by atoms with E-state index in [0.717, 1.165) is 42.1 Å². The number of rotatable bonds is 3. The summed E-state index contributed by atoms with van der Waals surface area (Å²) < 4.78 is 43.8. The number of aryl methyl sites for hydroxylation is 2. The number of hydrogen-bond donors (Lipinski definition) is 0. The highest BCUT2D eigenvalue weighted by atomic mass is 19.4. The van der Waals surface area contributed by atoms with Crippen molar-refractivity contribution in [2.45, 2.75) is 44.8 Å².